The van der Waals surface area contributed by atoms with E-state index in [9.17, 15) is 4.79 Å². The van der Waals surface area contributed by atoms with Gasteiger partial charge in [0.1, 0.15) is 0 Å². The van der Waals surface area contributed by atoms with E-state index in [0.717, 1.165) is 0 Å². The summed E-state index contributed by atoms with van der Waals surface area (Å²) < 4.78 is 26.6. The predicted molar refractivity (Wildman–Crippen MR) is 132 cm³/mol. The van der Waals surface area contributed by atoms with Crippen LogP contribution in [0.3, 0.4) is 0 Å². The number of rotatable bonds is 11. The van der Waals surface area contributed by atoms with Crippen LogP contribution in [0.25, 0.3) is 0 Å². The second-order valence-electron chi connectivity index (χ2n) is 10.5. The van der Waals surface area contributed by atoms with Crippen LogP contribution in [0.4, 0.5) is 0 Å². The van der Waals surface area contributed by atoms with E-state index in [0.29, 0.717) is 12.0 Å². The molecule has 0 bridgehead atoms. The van der Waals surface area contributed by atoms with Crippen LogP contribution in [0.1, 0.15) is 20.3 Å². The molecule has 0 N–H and O–H groups in total. The minimum Gasteiger partial charge on any atom is -0.433 e. The Morgan fingerprint density at radius 3 is 1.57 bits per heavy atom. The number of esters is 1. The fourth-order valence-electron chi connectivity index (χ4n) is 2.80. The first-order valence-electron chi connectivity index (χ1n) is 10.2. The van der Waals surface area contributed by atoms with Crippen LogP contribution in [0.15, 0.2) is 12.2 Å². The monoisotopic (exact) mass is 480 g/mol. The molecular formula is C18H44O5Si5. The van der Waals surface area contributed by atoms with Gasteiger partial charge < -0.3 is 17.4 Å². The van der Waals surface area contributed by atoms with E-state index >= 15 is 0 Å². The molecular weight excluding hydrogens is 437 g/mol. The quantitative estimate of drug-likeness (QED) is 0.173. The zero-order chi connectivity index (χ0) is 22.8. The van der Waals surface area contributed by atoms with E-state index in [1.54, 1.807) is 6.92 Å². The van der Waals surface area contributed by atoms with Crippen molar-refractivity contribution in [1.29, 1.82) is 0 Å². The zero-order valence-electron chi connectivity index (χ0n) is 20.5. The topological polar surface area (TPSA) is 54.0 Å². The van der Waals surface area contributed by atoms with Gasteiger partial charge in [0.2, 0.25) is 5.41 Å². The van der Waals surface area contributed by atoms with E-state index in [1.165, 1.54) is 0 Å². The summed E-state index contributed by atoms with van der Waals surface area (Å²) in [4.78, 5) is 12.7. The molecule has 0 saturated heterocycles. The summed E-state index contributed by atoms with van der Waals surface area (Å²) in [6, 6.07) is 0. The van der Waals surface area contributed by atoms with Crippen LogP contribution in [0, 0.1) is 0 Å². The molecule has 0 saturated carbocycles. The Morgan fingerprint density at radius 2 is 1.32 bits per heavy atom. The van der Waals surface area contributed by atoms with Gasteiger partial charge in [0, 0.05) is 12.0 Å². The number of carbonyl (C=O) groups is 1. The third-order valence-corrected chi connectivity index (χ3v) is 27.1. The summed E-state index contributed by atoms with van der Waals surface area (Å²) in [6.07, 6.45) is 0.501. The minimum atomic E-state index is -3.09. The Hall–Kier alpha value is 0.174. The molecule has 0 aromatic heterocycles. The van der Waals surface area contributed by atoms with E-state index < -0.39 is 52.7 Å². The van der Waals surface area contributed by atoms with Crippen LogP contribution in [0.2, 0.25) is 72.0 Å². The van der Waals surface area contributed by atoms with Gasteiger partial charge in [0.25, 0.3) is 0 Å². The predicted octanol–water partition coefficient (Wildman–Crippen LogP) is 5.31. The zero-order valence-corrected chi connectivity index (χ0v) is 25.7. The summed E-state index contributed by atoms with van der Waals surface area (Å²) in [5, 5.41) is 0. The Morgan fingerprint density at radius 1 is 0.929 bits per heavy atom. The van der Waals surface area contributed by atoms with Crippen molar-refractivity contribution in [2.45, 2.75) is 97.7 Å². The molecule has 28 heavy (non-hydrogen) atoms. The van der Waals surface area contributed by atoms with Gasteiger partial charge in [-0.3, -0.25) is 0 Å². The summed E-state index contributed by atoms with van der Waals surface area (Å²) in [5.41, 5.74) is -0.809. The van der Waals surface area contributed by atoms with Crippen molar-refractivity contribution in [1.82, 2.24) is 0 Å². The number of hydrogen-bond donors (Lipinski definition) is 0. The van der Waals surface area contributed by atoms with Gasteiger partial charge in [-0.25, -0.2) is 4.79 Å². The molecule has 1 unspecified atom stereocenters. The highest BCUT2D eigenvalue weighted by Gasteiger charge is 2.63. The SMILES string of the molecule is C=C(C)C(=O)OC(CC)(O[Si](C)(C)[SiH](C)C)[Si](C)(O[Si](C)(C)C)O[Si](C)(C)C. The smallest absolute Gasteiger partial charge is 0.391 e. The van der Waals surface area contributed by atoms with Gasteiger partial charge in [0.05, 0.1) is 8.31 Å². The van der Waals surface area contributed by atoms with E-state index in [2.05, 4.69) is 72.0 Å². The van der Waals surface area contributed by atoms with E-state index in [1.807, 2.05) is 13.5 Å². The van der Waals surface area contributed by atoms with Crippen molar-refractivity contribution in [3.63, 3.8) is 0 Å². The largest absolute Gasteiger partial charge is 0.433 e. The molecule has 0 aliphatic rings. The molecule has 166 valence electrons. The lowest BCUT2D eigenvalue weighted by Gasteiger charge is -2.51. The van der Waals surface area contributed by atoms with Gasteiger partial charge in [-0.15, -0.1) is 0 Å². The van der Waals surface area contributed by atoms with Crippen molar-refractivity contribution in [3.05, 3.63) is 12.2 Å². The lowest BCUT2D eigenvalue weighted by molar-refractivity contribution is -0.179. The van der Waals surface area contributed by atoms with Gasteiger partial charge in [-0.1, -0.05) is 26.6 Å². The van der Waals surface area contributed by atoms with Crippen molar-refractivity contribution in [2.75, 3.05) is 0 Å². The molecule has 5 nitrogen and oxygen atoms in total. The molecule has 1 atom stereocenters. The molecule has 0 fully saturated rings. The van der Waals surface area contributed by atoms with Gasteiger partial charge in [0.15, 0.2) is 24.5 Å². The second-order valence-corrected chi connectivity index (χ2v) is 36.6. The molecule has 0 rings (SSSR count). The van der Waals surface area contributed by atoms with Gasteiger partial charge in [-0.2, -0.15) is 0 Å². The van der Waals surface area contributed by atoms with E-state index in [-0.39, 0.29) is 0 Å². The summed E-state index contributed by atoms with van der Waals surface area (Å²) in [6.45, 7) is 31.4. The third-order valence-electron chi connectivity index (χ3n) is 4.58. The Balaban J connectivity index is 6.65. The van der Waals surface area contributed by atoms with Crippen molar-refractivity contribution in [2.24, 2.45) is 0 Å². The average molecular weight is 481 g/mol. The minimum absolute atomic E-state index is 0.361. The maximum absolute atomic E-state index is 12.7. The molecule has 0 aliphatic heterocycles. The molecule has 0 aromatic carbocycles. The molecule has 0 amide bonds. The third kappa shape index (κ3) is 8.13. The molecule has 0 radical (unpaired) electrons. The second kappa shape index (κ2) is 9.54. The summed E-state index contributed by atoms with van der Waals surface area (Å²) in [7, 11) is -10.3. The number of hydrogen-bond acceptors (Lipinski definition) is 5. The Bertz CT molecular complexity index is 550. The highest BCUT2D eigenvalue weighted by atomic mass is 29.2. The molecule has 0 heterocycles. The number of carbonyl (C=O) groups excluding carboxylic acids is 1. The highest BCUT2D eigenvalue weighted by molar-refractivity contribution is 7.28. The maximum atomic E-state index is 12.7. The fraction of sp³-hybridized carbons (Fsp3) is 0.833. The van der Waals surface area contributed by atoms with Crippen molar-refractivity contribution in [3.8, 4) is 0 Å². The lowest BCUT2D eigenvalue weighted by atomic mass is 10.3. The number of ether oxygens (including phenoxy) is 1. The Kier molecular flexibility index (Phi) is 9.60. The standard InChI is InChI=1S/C18H44O5Si5/c1-15-18(20-17(19)16(2)3,21-27(12,13)24(4)5)28(14,22-25(6,7)8)23-26(9,10)11/h24H,2,15H2,1,3-14H3. The van der Waals surface area contributed by atoms with Gasteiger partial charge >= 0.3 is 14.5 Å². The molecule has 0 spiro atoms. The summed E-state index contributed by atoms with van der Waals surface area (Å²) >= 11 is 0. The first-order valence-corrected chi connectivity index (χ1v) is 26.4. The summed E-state index contributed by atoms with van der Waals surface area (Å²) in [5.74, 6) is -0.436. The normalized spacial score (nSPS) is 16.1. The van der Waals surface area contributed by atoms with Crippen LogP contribution >= 0.6 is 0 Å². The lowest BCUT2D eigenvalue weighted by Crippen LogP contribution is -2.72. The van der Waals surface area contributed by atoms with Crippen LogP contribution in [0.5, 0.6) is 0 Å². The van der Waals surface area contributed by atoms with Crippen molar-refractivity contribution < 1.29 is 22.2 Å². The maximum Gasteiger partial charge on any atom is 0.391 e. The average Bonchev–Trinajstić information content (AvgIpc) is 2.41. The first kappa shape index (κ1) is 28.2. The highest BCUT2D eigenvalue weighted by Crippen LogP contribution is 2.39. The van der Waals surface area contributed by atoms with Crippen LogP contribution < -0.4 is 0 Å². The molecule has 0 aliphatic carbocycles. The van der Waals surface area contributed by atoms with E-state index in [4.69, 9.17) is 17.4 Å². The Labute approximate surface area is 179 Å². The van der Waals surface area contributed by atoms with Crippen molar-refractivity contribution >= 4 is 47.3 Å². The van der Waals surface area contributed by atoms with Crippen LogP contribution in [-0.2, 0) is 22.2 Å². The first-order chi connectivity index (χ1) is 12.2. The van der Waals surface area contributed by atoms with Crippen LogP contribution in [-0.4, -0.2) is 52.7 Å². The molecule has 0 aromatic rings. The fourth-order valence-corrected chi connectivity index (χ4v) is 19.3. The van der Waals surface area contributed by atoms with Gasteiger partial charge in [-0.05, 0) is 65.8 Å². The molecule has 10 heteroatoms.